The maximum atomic E-state index is 10.6. The molecule has 0 aliphatic heterocycles. The van der Waals surface area contributed by atoms with Crippen LogP contribution in [-0.2, 0) is 0 Å². The van der Waals surface area contributed by atoms with E-state index in [0.29, 0.717) is 29.6 Å². The second kappa shape index (κ2) is 10.6. The van der Waals surface area contributed by atoms with E-state index in [1.807, 2.05) is 13.8 Å². The minimum absolute atomic E-state index is 0.111. The minimum atomic E-state index is -0.136. The normalized spacial score (nSPS) is 40.9. The molecule has 2 aliphatic rings. The number of aliphatic hydroxyl groups excluding tert-OH is 2. The van der Waals surface area contributed by atoms with Crippen molar-refractivity contribution in [3.8, 4) is 0 Å². The Hall–Kier alpha value is -0.0800. The molecule has 0 aromatic heterocycles. The molecule has 2 N–H and O–H groups in total. The summed E-state index contributed by atoms with van der Waals surface area (Å²) in [7, 11) is 0. The highest BCUT2D eigenvalue weighted by atomic mass is 16.3. The van der Waals surface area contributed by atoms with Gasteiger partial charge in [-0.3, -0.25) is 0 Å². The van der Waals surface area contributed by atoms with E-state index < -0.39 is 0 Å². The van der Waals surface area contributed by atoms with Crippen molar-refractivity contribution < 1.29 is 10.2 Å². The van der Waals surface area contributed by atoms with Crippen molar-refractivity contribution in [1.29, 1.82) is 0 Å². The Morgan fingerprint density at radius 1 is 0.815 bits per heavy atom. The molecule has 2 rings (SSSR count). The molecule has 2 heteroatoms. The lowest BCUT2D eigenvalue weighted by Gasteiger charge is -2.45. The smallest absolute Gasteiger partial charge is 0.0576 e. The average molecular weight is 383 g/mol. The van der Waals surface area contributed by atoms with Crippen LogP contribution in [0.3, 0.4) is 0 Å². The lowest BCUT2D eigenvalue weighted by atomic mass is 9.62. The van der Waals surface area contributed by atoms with Gasteiger partial charge in [-0.15, -0.1) is 0 Å². The first kappa shape index (κ1) is 25.0. The van der Waals surface area contributed by atoms with Crippen molar-refractivity contribution in [2.45, 2.75) is 113 Å². The Kier molecular flexibility index (Phi) is 9.82. The molecular weight excluding hydrogens is 332 g/mol. The summed E-state index contributed by atoms with van der Waals surface area (Å²) >= 11 is 0. The van der Waals surface area contributed by atoms with Crippen LogP contribution in [0.15, 0.2) is 0 Å². The van der Waals surface area contributed by atoms with E-state index in [9.17, 15) is 10.2 Å². The van der Waals surface area contributed by atoms with E-state index in [-0.39, 0.29) is 17.6 Å². The fourth-order valence-corrected chi connectivity index (χ4v) is 5.77. The molecule has 162 valence electrons. The molecule has 2 saturated carbocycles. The van der Waals surface area contributed by atoms with E-state index in [1.165, 1.54) is 25.7 Å². The van der Waals surface area contributed by atoms with E-state index >= 15 is 0 Å². The highest BCUT2D eigenvalue weighted by Gasteiger charge is 2.42. The van der Waals surface area contributed by atoms with E-state index in [2.05, 4.69) is 48.5 Å². The molecule has 0 bridgehead atoms. The van der Waals surface area contributed by atoms with Gasteiger partial charge in [0, 0.05) is 0 Å². The van der Waals surface area contributed by atoms with Crippen molar-refractivity contribution in [1.82, 2.24) is 0 Å². The Bertz CT molecular complexity index is 411. The monoisotopic (exact) mass is 382 g/mol. The van der Waals surface area contributed by atoms with Crippen LogP contribution in [0.1, 0.15) is 101 Å². The SMILES string of the molecule is CC.CC(C)C1CC(CC2CC(C(C)(C)C)C(O)CC2C)C(C)CCC1O. The van der Waals surface area contributed by atoms with Gasteiger partial charge in [-0.25, -0.2) is 0 Å². The van der Waals surface area contributed by atoms with Gasteiger partial charge >= 0.3 is 0 Å². The van der Waals surface area contributed by atoms with Crippen LogP contribution in [0, 0.1) is 46.8 Å². The van der Waals surface area contributed by atoms with Gasteiger partial charge in [-0.05, 0) is 85.4 Å². The fraction of sp³-hybridized carbons (Fsp3) is 1.00. The Balaban J connectivity index is 0.00000176. The average Bonchev–Trinajstić information content (AvgIpc) is 2.71. The number of hydrogen-bond donors (Lipinski definition) is 2. The van der Waals surface area contributed by atoms with Crippen LogP contribution in [-0.4, -0.2) is 22.4 Å². The summed E-state index contributed by atoms with van der Waals surface area (Å²) in [6, 6.07) is 0. The van der Waals surface area contributed by atoms with Crippen molar-refractivity contribution >= 4 is 0 Å². The third kappa shape index (κ3) is 6.74. The summed E-state index contributed by atoms with van der Waals surface area (Å²) in [5.41, 5.74) is 0.184. The van der Waals surface area contributed by atoms with Crippen LogP contribution in [0.5, 0.6) is 0 Å². The molecule has 0 aromatic carbocycles. The molecule has 8 unspecified atom stereocenters. The first-order valence-electron chi connectivity index (χ1n) is 11.9. The van der Waals surface area contributed by atoms with E-state index in [0.717, 1.165) is 24.7 Å². The van der Waals surface area contributed by atoms with Crippen molar-refractivity contribution in [3.05, 3.63) is 0 Å². The molecule has 2 aliphatic carbocycles. The fourth-order valence-electron chi connectivity index (χ4n) is 5.77. The number of aliphatic hydroxyl groups is 2. The maximum Gasteiger partial charge on any atom is 0.0576 e. The van der Waals surface area contributed by atoms with Crippen LogP contribution < -0.4 is 0 Å². The zero-order valence-electron chi connectivity index (χ0n) is 19.8. The topological polar surface area (TPSA) is 40.5 Å². The maximum absolute atomic E-state index is 10.6. The van der Waals surface area contributed by atoms with Gasteiger partial charge in [0.05, 0.1) is 12.2 Å². The molecule has 0 saturated heterocycles. The van der Waals surface area contributed by atoms with Crippen LogP contribution in [0.4, 0.5) is 0 Å². The zero-order valence-corrected chi connectivity index (χ0v) is 19.8. The second-order valence-electron chi connectivity index (χ2n) is 11.0. The van der Waals surface area contributed by atoms with Gasteiger partial charge < -0.3 is 10.2 Å². The highest BCUT2D eigenvalue weighted by Crippen LogP contribution is 2.47. The van der Waals surface area contributed by atoms with Crippen LogP contribution in [0.25, 0.3) is 0 Å². The van der Waals surface area contributed by atoms with Gasteiger partial charge in [-0.1, -0.05) is 62.3 Å². The molecule has 27 heavy (non-hydrogen) atoms. The molecule has 0 amide bonds. The number of rotatable bonds is 3. The molecule has 2 nitrogen and oxygen atoms in total. The van der Waals surface area contributed by atoms with Crippen LogP contribution in [0.2, 0.25) is 0 Å². The predicted molar refractivity (Wildman–Crippen MR) is 118 cm³/mol. The summed E-state index contributed by atoms with van der Waals surface area (Å²) in [4.78, 5) is 0. The van der Waals surface area contributed by atoms with E-state index in [4.69, 9.17) is 0 Å². The van der Waals surface area contributed by atoms with Gasteiger partial charge in [0.2, 0.25) is 0 Å². The summed E-state index contributed by atoms with van der Waals surface area (Å²) in [6.07, 6.45) is 6.51. The Labute approximate surface area is 170 Å². The van der Waals surface area contributed by atoms with Gasteiger partial charge in [0.25, 0.3) is 0 Å². The largest absolute Gasteiger partial charge is 0.393 e. The summed E-state index contributed by atoms with van der Waals surface area (Å²) in [5.74, 6) is 4.22. The quantitative estimate of drug-likeness (QED) is 0.544. The summed E-state index contributed by atoms with van der Waals surface area (Å²) < 4.78 is 0. The third-order valence-electron chi connectivity index (χ3n) is 7.80. The standard InChI is InChI=1S/C23H44O2.C2H6/c1-14(2)19-12-17(15(3)8-9-21(19)24)11-18-13-20(23(5,6)7)22(25)10-16(18)4;1-2/h14-22,24-25H,8-13H2,1-7H3;1-2H3. The van der Waals surface area contributed by atoms with Crippen LogP contribution >= 0.6 is 0 Å². The lowest BCUT2D eigenvalue weighted by molar-refractivity contribution is -0.0370. The summed E-state index contributed by atoms with van der Waals surface area (Å²) in [5, 5.41) is 21.2. The third-order valence-corrected chi connectivity index (χ3v) is 7.80. The van der Waals surface area contributed by atoms with Crippen molar-refractivity contribution in [3.63, 3.8) is 0 Å². The van der Waals surface area contributed by atoms with Gasteiger partial charge in [-0.2, -0.15) is 0 Å². The molecule has 0 radical (unpaired) electrons. The van der Waals surface area contributed by atoms with Gasteiger partial charge in [0.15, 0.2) is 0 Å². The minimum Gasteiger partial charge on any atom is -0.393 e. The highest BCUT2D eigenvalue weighted by molar-refractivity contribution is 4.92. The molecule has 2 fully saturated rings. The summed E-state index contributed by atoms with van der Waals surface area (Å²) in [6.45, 7) is 20.2. The van der Waals surface area contributed by atoms with Crippen molar-refractivity contribution in [2.24, 2.45) is 46.8 Å². The molecule has 8 atom stereocenters. The molecule has 0 heterocycles. The first-order valence-corrected chi connectivity index (χ1v) is 11.9. The van der Waals surface area contributed by atoms with Gasteiger partial charge in [0.1, 0.15) is 0 Å². The number of hydrogen-bond acceptors (Lipinski definition) is 2. The Morgan fingerprint density at radius 2 is 1.37 bits per heavy atom. The Morgan fingerprint density at radius 3 is 1.89 bits per heavy atom. The zero-order chi connectivity index (χ0) is 20.9. The lowest BCUT2D eigenvalue weighted by Crippen LogP contribution is -2.41. The molecule has 0 aromatic rings. The predicted octanol–water partition coefficient (Wildman–Crippen LogP) is 6.54. The molecular formula is C25H50O2. The second-order valence-corrected chi connectivity index (χ2v) is 11.0. The first-order chi connectivity index (χ1) is 12.5. The van der Waals surface area contributed by atoms with E-state index in [1.54, 1.807) is 0 Å². The molecule has 0 spiro atoms. The van der Waals surface area contributed by atoms with Crippen molar-refractivity contribution in [2.75, 3.05) is 0 Å².